The van der Waals surface area contributed by atoms with Gasteiger partial charge in [-0.05, 0) is 6.42 Å². The van der Waals surface area contributed by atoms with E-state index in [2.05, 4.69) is 6.92 Å². The molecule has 0 radical (unpaired) electrons. The van der Waals surface area contributed by atoms with Crippen LogP contribution >= 0.6 is 0 Å². The second kappa shape index (κ2) is 12.4. The first-order valence-electron chi connectivity index (χ1n) is 7.41. The van der Waals surface area contributed by atoms with E-state index in [0.717, 1.165) is 12.8 Å². The van der Waals surface area contributed by atoms with Crippen LogP contribution in [0.1, 0.15) is 77.6 Å². The molecule has 1 amide bonds. The zero-order valence-electron chi connectivity index (χ0n) is 11.8. The summed E-state index contributed by atoms with van der Waals surface area (Å²) in [5, 5.41) is 8.69. The quantitative estimate of drug-likeness (QED) is 0.535. The molecule has 0 bridgehead atoms. The zero-order chi connectivity index (χ0) is 13.6. The maximum absolute atomic E-state index is 10.8. The molecule has 1 unspecified atom stereocenters. The lowest BCUT2D eigenvalue weighted by molar-refractivity contribution is -0.120. The number of nitrogens with zero attached hydrogens (tertiary/aromatic N) is 1. The van der Waals surface area contributed by atoms with Crippen LogP contribution in [0.15, 0.2) is 0 Å². The average molecular weight is 252 g/mol. The van der Waals surface area contributed by atoms with Crippen molar-refractivity contribution in [3.63, 3.8) is 0 Å². The van der Waals surface area contributed by atoms with Crippen LogP contribution < -0.4 is 5.73 Å². The Bertz CT molecular complexity index is 245. The standard InChI is InChI=1S/C15H28N2O/c1-2-3-4-5-6-7-8-9-10-11-12-14(13-16)15(17)18/h14H,2-12H2,1H3,(H2,17,18). The third kappa shape index (κ3) is 10.1. The highest BCUT2D eigenvalue weighted by Crippen LogP contribution is 2.13. The normalized spacial score (nSPS) is 12.0. The van der Waals surface area contributed by atoms with E-state index in [1.807, 2.05) is 6.07 Å². The second-order valence-corrected chi connectivity index (χ2v) is 5.05. The van der Waals surface area contributed by atoms with E-state index in [-0.39, 0.29) is 0 Å². The molecule has 0 aliphatic rings. The Morgan fingerprint density at radius 2 is 1.44 bits per heavy atom. The number of nitriles is 1. The zero-order valence-corrected chi connectivity index (χ0v) is 11.8. The summed E-state index contributed by atoms with van der Waals surface area (Å²) in [5.74, 6) is -1.06. The Morgan fingerprint density at radius 1 is 1.00 bits per heavy atom. The first-order chi connectivity index (χ1) is 8.72. The smallest absolute Gasteiger partial charge is 0.234 e. The van der Waals surface area contributed by atoms with E-state index in [4.69, 9.17) is 11.0 Å². The predicted octanol–water partition coefficient (Wildman–Crippen LogP) is 3.92. The van der Waals surface area contributed by atoms with Crippen LogP contribution in [-0.2, 0) is 4.79 Å². The fourth-order valence-electron chi connectivity index (χ4n) is 2.11. The summed E-state index contributed by atoms with van der Waals surface area (Å²) >= 11 is 0. The van der Waals surface area contributed by atoms with Crippen molar-refractivity contribution in [2.45, 2.75) is 77.6 Å². The molecule has 0 aliphatic heterocycles. The van der Waals surface area contributed by atoms with Crippen LogP contribution in [0.4, 0.5) is 0 Å². The molecule has 3 nitrogen and oxygen atoms in total. The number of carbonyl (C=O) groups is 1. The fraction of sp³-hybridized carbons (Fsp3) is 0.867. The van der Waals surface area contributed by atoms with Crippen LogP contribution in [0.3, 0.4) is 0 Å². The van der Waals surface area contributed by atoms with E-state index in [0.29, 0.717) is 6.42 Å². The van der Waals surface area contributed by atoms with Gasteiger partial charge < -0.3 is 5.73 Å². The Labute approximate surface area is 112 Å². The van der Waals surface area contributed by atoms with E-state index in [1.165, 1.54) is 51.4 Å². The van der Waals surface area contributed by atoms with Crippen molar-refractivity contribution in [2.24, 2.45) is 11.7 Å². The molecule has 0 saturated carbocycles. The van der Waals surface area contributed by atoms with Crippen LogP contribution in [-0.4, -0.2) is 5.91 Å². The largest absolute Gasteiger partial charge is 0.369 e. The van der Waals surface area contributed by atoms with Crippen molar-refractivity contribution in [3.05, 3.63) is 0 Å². The van der Waals surface area contributed by atoms with Crippen LogP contribution in [0.25, 0.3) is 0 Å². The minimum atomic E-state index is -0.584. The van der Waals surface area contributed by atoms with Gasteiger partial charge in [0, 0.05) is 0 Å². The summed E-state index contributed by atoms with van der Waals surface area (Å²) in [6.45, 7) is 2.24. The van der Waals surface area contributed by atoms with Gasteiger partial charge in [-0.25, -0.2) is 0 Å². The number of rotatable bonds is 12. The molecule has 0 rings (SSSR count). The molecule has 0 aliphatic carbocycles. The molecule has 0 fully saturated rings. The molecular weight excluding hydrogens is 224 g/mol. The van der Waals surface area contributed by atoms with Gasteiger partial charge in [-0.1, -0.05) is 71.1 Å². The van der Waals surface area contributed by atoms with E-state index in [1.54, 1.807) is 0 Å². The van der Waals surface area contributed by atoms with Gasteiger partial charge in [0.1, 0.15) is 5.92 Å². The van der Waals surface area contributed by atoms with E-state index in [9.17, 15) is 4.79 Å². The number of hydrogen-bond donors (Lipinski definition) is 1. The van der Waals surface area contributed by atoms with Crippen molar-refractivity contribution < 1.29 is 4.79 Å². The van der Waals surface area contributed by atoms with Crippen molar-refractivity contribution in [2.75, 3.05) is 0 Å². The Morgan fingerprint density at radius 3 is 1.83 bits per heavy atom. The predicted molar refractivity (Wildman–Crippen MR) is 74.8 cm³/mol. The Hall–Kier alpha value is -1.04. The van der Waals surface area contributed by atoms with Gasteiger partial charge >= 0.3 is 0 Å². The van der Waals surface area contributed by atoms with Crippen LogP contribution in [0.5, 0.6) is 0 Å². The van der Waals surface area contributed by atoms with Gasteiger partial charge in [-0.15, -0.1) is 0 Å². The molecule has 18 heavy (non-hydrogen) atoms. The van der Waals surface area contributed by atoms with Gasteiger partial charge in [0.15, 0.2) is 0 Å². The molecular formula is C15H28N2O. The van der Waals surface area contributed by atoms with Crippen molar-refractivity contribution in [3.8, 4) is 6.07 Å². The molecule has 2 N–H and O–H groups in total. The van der Waals surface area contributed by atoms with Gasteiger partial charge in [0.2, 0.25) is 5.91 Å². The minimum Gasteiger partial charge on any atom is -0.369 e. The first kappa shape index (κ1) is 17.0. The van der Waals surface area contributed by atoms with Crippen LogP contribution in [0.2, 0.25) is 0 Å². The third-order valence-electron chi connectivity index (χ3n) is 3.35. The highest BCUT2D eigenvalue weighted by atomic mass is 16.1. The second-order valence-electron chi connectivity index (χ2n) is 5.05. The summed E-state index contributed by atoms with van der Waals surface area (Å²) in [4.78, 5) is 10.8. The number of carbonyl (C=O) groups excluding carboxylic acids is 1. The maximum atomic E-state index is 10.8. The van der Waals surface area contributed by atoms with Gasteiger partial charge in [-0.3, -0.25) is 4.79 Å². The molecule has 3 heteroatoms. The number of nitrogens with two attached hydrogens (primary N) is 1. The molecule has 0 saturated heterocycles. The van der Waals surface area contributed by atoms with Crippen molar-refractivity contribution in [1.29, 1.82) is 5.26 Å². The molecule has 0 aromatic rings. The molecule has 1 atom stereocenters. The van der Waals surface area contributed by atoms with Gasteiger partial charge in [-0.2, -0.15) is 5.26 Å². The Balaban J connectivity index is 3.21. The molecule has 104 valence electrons. The average Bonchev–Trinajstić information content (AvgIpc) is 2.35. The van der Waals surface area contributed by atoms with E-state index >= 15 is 0 Å². The summed E-state index contributed by atoms with van der Waals surface area (Å²) in [7, 11) is 0. The van der Waals surface area contributed by atoms with Crippen molar-refractivity contribution in [1.82, 2.24) is 0 Å². The van der Waals surface area contributed by atoms with Gasteiger partial charge in [0.25, 0.3) is 0 Å². The summed E-state index contributed by atoms with van der Waals surface area (Å²) in [5.41, 5.74) is 5.11. The third-order valence-corrected chi connectivity index (χ3v) is 3.35. The Kier molecular flexibility index (Phi) is 11.7. The minimum absolute atomic E-state index is 0.478. The highest BCUT2D eigenvalue weighted by molar-refractivity contribution is 5.79. The summed E-state index contributed by atoms with van der Waals surface area (Å²) in [6.07, 6.45) is 13.3. The monoisotopic (exact) mass is 252 g/mol. The fourth-order valence-corrected chi connectivity index (χ4v) is 2.11. The number of primary amides is 1. The molecule has 0 spiro atoms. The van der Waals surface area contributed by atoms with E-state index < -0.39 is 11.8 Å². The highest BCUT2D eigenvalue weighted by Gasteiger charge is 2.12. The molecule has 0 aromatic heterocycles. The molecule has 0 aromatic carbocycles. The van der Waals surface area contributed by atoms with Gasteiger partial charge in [0.05, 0.1) is 6.07 Å². The summed E-state index contributed by atoms with van der Waals surface area (Å²) < 4.78 is 0. The summed E-state index contributed by atoms with van der Waals surface area (Å²) in [6, 6.07) is 1.96. The van der Waals surface area contributed by atoms with Crippen LogP contribution in [0, 0.1) is 17.2 Å². The topological polar surface area (TPSA) is 66.9 Å². The maximum Gasteiger partial charge on any atom is 0.234 e. The lowest BCUT2D eigenvalue weighted by Crippen LogP contribution is -2.21. The lowest BCUT2D eigenvalue weighted by atomic mass is 10.0. The SMILES string of the molecule is CCCCCCCCCCCCC(C#N)C(N)=O. The number of amides is 1. The lowest BCUT2D eigenvalue weighted by Gasteiger charge is -2.04. The number of unbranched alkanes of at least 4 members (excludes halogenated alkanes) is 9. The van der Waals surface area contributed by atoms with Crippen molar-refractivity contribution >= 4 is 5.91 Å². The number of hydrogen-bond acceptors (Lipinski definition) is 2. The molecule has 0 heterocycles. The first-order valence-corrected chi connectivity index (χ1v) is 7.41.